The molecule has 2 atom stereocenters. The Bertz CT molecular complexity index is 512. The van der Waals surface area contributed by atoms with E-state index >= 15 is 0 Å². The Hall–Kier alpha value is -1.12. The molecule has 0 amide bonds. The van der Waals surface area contributed by atoms with Gasteiger partial charge in [0, 0.05) is 30.7 Å². The number of hydrogen-bond acceptors (Lipinski definition) is 2. The maximum atomic E-state index is 3.90. The lowest BCUT2D eigenvalue weighted by molar-refractivity contribution is 0.0414. The Morgan fingerprint density at radius 3 is 2.48 bits per heavy atom. The average molecular weight is 282 g/mol. The van der Waals surface area contributed by atoms with E-state index in [1.165, 1.54) is 37.8 Å². The summed E-state index contributed by atoms with van der Waals surface area (Å²) in [5, 5.41) is 3.90. The van der Waals surface area contributed by atoms with Crippen LogP contribution in [0.3, 0.4) is 0 Å². The van der Waals surface area contributed by atoms with E-state index in [-0.39, 0.29) is 0 Å². The molecule has 112 valence electrons. The van der Waals surface area contributed by atoms with Gasteiger partial charge in [0.1, 0.15) is 0 Å². The van der Waals surface area contributed by atoms with E-state index in [2.05, 4.69) is 59.6 Å². The summed E-state index contributed by atoms with van der Waals surface area (Å²) in [7, 11) is 0. The van der Waals surface area contributed by atoms with Gasteiger partial charge in [-0.25, -0.2) is 0 Å². The monoisotopic (exact) mass is 282 g/mol. The first kappa shape index (κ1) is 13.5. The Balaban J connectivity index is 1.60. The first-order valence-electron chi connectivity index (χ1n) is 8.47. The third-order valence-corrected chi connectivity index (χ3v) is 5.73. The van der Waals surface area contributed by atoms with Gasteiger partial charge in [-0.15, -0.1) is 0 Å². The van der Waals surface area contributed by atoms with Crippen LogP contribution in [0.5, 0.6) is 0 Å². The van der Waals surface area contributed by atoms with Crippen LogP contribution in [0.1, 0.15) is 44.2 Å². The third kappa shape index (κ3) is 2.56. The smallest absolute Gasteiger partial charge is 0.0476 e. The van der Waals surface area contributed by atoms with E-state index in [1.807, 2.05) is 0 Å². The van der Waals surface area contributed by atoms with Crippen molar-refractivity contribution in [3.8, 4) is 0 Å². The molecule has 1 aliphatic heterocycles. The second-order valence-corrected chi connectivity index (χ2v) is 7.27. The molecule has 2 unspecified atom stereocenters. The van der Waals surface area contributed by atoms with E-state index in [1.54, 1.807) is 0 Å². The van der Waals surface area contributed by atoms with E-state index in [9.17, 15) is 0 Å². The second kappa shape index (κ2) is 5.26. The van der Waals surface area contributed by atoms with Crippen LogP contribution in [-0.2, 0) is 0 Å². The maximum Gasteiger partial charge on any atom is 0.0476 e. The standard InChI is InChI=1S/C19H26N2/c1-19(16-11-12-16)14-21(17-9-5-6-10-17)18(13-20-19)15-7-3-2-4-8-15/h2-8,16-18,20H,9-14H2,1H3. The molecule has 2 heteroatoms. The summed E-state index contributed by atoms with van der Waals surface area (Å²) in [6.07, 6.45) is 10.0. The van der Waals surface area contributed by atoms with Crippen molar-refractivity contribution in [2.45, 2.75) is 50.2 Å². The fraction of sp³-hybridized carbons (Fsp3) is 0.579. The molecule has 3 aliphatic rings. The van der Waals surface area contributed by atoms with Crippen LogP contribution in [0, 0.1) is 5.92 Å². The Kier molecular flexibility index (Phi) is 3.39. The zero-order chi connectivity index (χ0) is 14.3. The van der Waals surface area contributed by atoms with Gasteiger partial charge in [-0.3, -0.25) is 4.90 Å². The first-order valence-corrected chi connectivity index (χ1v) is 8.47. The average Bonchev–Trinajstić information content (AvgIpc) is 3.25. The van der Waals surface area contributed by atoms with Gasteiger partial charge in [-0.2, -0.15) is 0 Å². The molecule has 1 aromatic rings. The molecule has 2 nitrogen and oxygen atoms in total. The van der Waals surface area contributed by atoms with Crippen LogP contribution in [0.25, 0.3) is 0 Å². The van der Waals surface area contributed by atoms with Gasteiger partial charge < -0.3 is 5.32 Å². The molecule has 2 fully saturated rings. The van der Waals surface area contributed by atoms with Crippen molar-refractivity contribution in [2.75, 3.05) is 13.1 Å². The lowest BCUT2D eigenvalue weighted by atomic mass is 9.87. The highest BCUT2D eigenvalue weighted by molar-refractivity contribution is 5.22. The van der Waals surface area contributed by atoms with Crippen molar-refractivity contribution in [2.24, 2.45) is 5.92 Å². The zero-order valence-corrected chi connectivity index (χ0v) is 13.0. The third-order valence-electron chi connectivity index (χ3n) is 5.73. The van der Waals surface area contributed by atoms with Gasteiger partial charge >= 0.3 is 0 Å². The Labute approximate surface area is 128 Å². The highest BCUT2D eigenvalue weighted by atomic mass is 15.3. The summed E-state index contributed by atoms with van der Waals surface area (Å²) in [5.74, 6) is 0.895. The fourth-order valence-corrected chi connectivity index (χ4v) is 4.23. The SMILES string of the molecule is CC1(C2CC2)CN(C2CC=CC2)C(c2ccccc2)CN1. The molecule has 1 heterocycles. The summed E-state index contributed by atoms with van der Waals surface area (Å²) in [4.78, 5) is 2.80. The fourth-order valence-electron chi connectivity index (χ4n) is 4.23. The van der Waals surface area contributed by atoms with Crippen LogP contribution in [0.4, 0.5) is 0 Å². The minimum absolute atomic E-state index is 0.327. The van der Waals surface area contributed by atoms with E-state index < -0.39 is 0 Å². The van der Waals surface area contributed by atoms with Gasteiger partial charge in [0.15, 0.2) is 0 Å². The molecule has 0 bridgehead atoms. The Morgan fingerprint density at radius 2 is 1.81 bits per heavy atom. The zero-order valence-electron chi connectivity index (χ0n) is 13.0. The summed E-state index contributed by atoms with van der Waals surface area (Å²) in [6.45, 7) is 4.73. The van der Waals surface area contributed by atoms with Crippen LogP contribution < -0.4 is 5.32 Å². The minimum atomic E-state index is 0.327. The van der Waals surface area contributed by atoms with Crippen molar-refractivity contribution in [3.63, 3.8) is 0 Å². The summed E-state index contributed by atoms with van der Waals surface area (Å²) in [5.41, 5.74) is 1.79. The largest absolute Gasteiger partial charge is 0.308 e. The van der Waals surface area contributed by atoms with Crippen LogP contribution in [-0.4, -0.2) is 29.6 Å². The molecule has 0 spiro atoms. The number of nitrogens with zero attached hydrogens (tertiary/aromatic N) is 1. The topological polar surface area (TPSA) is 15.3 Å². The van der Waals surface area contributed by atoms with E-state index in [0.29, 0.717) is 17.6 Å². The molecular formula is C19H26N2. The number of piperazine rings is 1. The van der Waals surface area contributed by atoms with Crippen LogP contribution >= 0.6 is 0 Å². The normalized spacial score (nSPS) is 34.4. The first-order chi connectivity index (χ1) is 10.3. The summed E-state index contributed by atoms with van der Waals surface area (Å²) >= 11 is 0. The summed E-state index contributed by atoms with van der Waals surface area (Å²) in [6, 6.07) is 12.3. The van der Waals surface area contributed by atoms with E-state index in [4.69, 9.17) is 0 Å². The molecule has 1 saturated heterocycles. The quantitative estimate of drug-likeness (QED) is 0.853. The highest BCUT2D eigenvalue weighted by Gasteiger charge is 2.47. The molecule has 0 radical (unpaired) electrons. The van der Waals surface area contributed by atoms with Crippen LogP contribution in [0.15, 0.2) is 42.5 Å². The molecule has 1 aromatic carbocycles. The van der Waals surface area contributed by atoms with Gasteiger partial charge in [-0.05, 0) is 44.1 Å². The highest BCUT2D eigenvalue weighted by Crippen LogP contribution is 2.44. The number of nitrogens with one attached hydrogen (secondary N) is 1. The van der Waals surface area contributed by atoms with Crippen molar-refractivity contribution in [1.29, 1.82) is 0 Å². The van der Waals surface area contributed by atoms with Gasteiger partial charge in [0.2, 0.25) is 0 Å². The summed E-state index contributed by atoms with van der Waals surface area (Å²) < 4.78 is 0. The molecule has 0 aromatic heterocycles. The van der Waals surface area contributed by atoms with Gasteiger partial charge in [-0.1, -0.05) is 42.5 Å². The van der Waals surface area contributed by atoms with Crippen LogP contribution in [0.2, 0.25) is 0 Å². The number of benzene rings is 1. The van der Waals surface area contributed by atoms with Crippen molar-refractivity contribution in [3.05, 3.63) is 48.0 Å². The molecule has 1 N–H and O–H groups in total. The number of rotatable bonds is 3. The van der Waals surface area contributed by atoms with Crippen molar-refractivity contribution in [1.82, 2.24) is 10.2 Å². The predicted molar refractivity (Wildman–Crippen MR) is 87.2 cm³/mol. The van der Waals surface area contributed by atoms with Gasteiger partial charge in [0.05, 0.1) is 0 Å². The van der Waals surface area contributed by atoms with Crippen molar-refractivity contribution < 1.29 is 0 Å². The lowest BCUT2D eigenvalue weighted by Crippen LogP contribution is -2.62. The van der Waals surface area contributed by atoms with Crippen molar-refractivity contribution >= 4 is 0 Å². The Morgan fingerprint density at radius 1 is 1.10 bits per heavy atom. The molecule has 2 aliphatic carbocycles. The van der Waals surface area contributed by atoms with Gasteiger partial charge in [0.25, 0.3) is 0 Å². The molecular weight excluding hydrogens is 256 g/mol. The number of hydrogen-bond donors (Lipinski definition) is 1. The molecule has 1 saturated carbocycles. The maximum absolute atomic E-state index is 3.90. The lowest BCUT2D eigenvalue weighted by Gasteiger charge is -2.49. The van der Waals surface area contributed by atoms with E-state index in [0.717, 1.165) is 12.5 Å². The minimum Gasteiger partial charge on any atom is -0.308 e. The molecule has 21 heavy (non-hydrogen) atoms. The molecule has 4 rings (SSSR count). The predicted octanol–water partition coefficient (Wildman–Crippen LogP) is 3.52. The second-order valence-electron chi connectivity index (χ2n) is 7.27.